The second-order valence-electron chi connectivity index (χ2n) is 14.7. The number of aromatic nitrogens is 1. The van der Waals surface area contributed by atoms with Crippen molar-refractivity contribution in [1.29, 1.82) is 0 Å². The molecule has 3 aromatic heterocycles. The van der Waals surface area contributed by atoms with Gasteiger partial charge in [0, 0.05) is 44.4 Å². The molecule has 5 nitrogen and oxygen atoms in total. The monoisotopic (exact) mass is 744 g/mol. The summed E-state index contributed by atoms with van der Waals surface area (Å²) < 4.78 is 20.1. The Balaban J connectivity index is 1.17. The fraction of sp³-hybridized carbons (Fsp3) is 0. The Bertz CT molecular complexity index is 3510. The van der Waals surface area contributed by atoms with E-state index in [1.165, 1.54) is 0 Å². The molecule has 0 aliphatic carbocycles. The normalized spacial score (nSPS) is 11.8. The molecule has 0 bridgehead atoms. The van der Waals surface area contributed by atoms with E-state index in [1.807, 2.05) is 60.7 Å². The van der Waals surface area contributed by atoms with E-state index in [-0.39, 0.29) is 0 Å². The van der Waals surface area contributed by atoms with Gasteiger partial charge in [0.1, 0.15) is 22.3 Å². The van der Waals surface area contributed by atoms with Crippen molar-refractivity contribution in [2.75, 3.05) is 4.90 Å². The first-order valence-corrected chi connectivity index (χ1v) is 19.4. The molecule has 0 saturated heterocycles. The second kappa shape index (κ2) is 12.8. The van der Waals surface area contributed by atoms with Gasteiger partial charge in [-0.1, -0.05) is 133 Å². The maximum absolute atomic E-state index is 6.89. The van der Waals surface area contributed by atoms with Crippen LogP contribution in [0, 0.1) is 0 Å². The van der Waals surface area contributed by atoms with Gasteiger partial charge in [-0.3, -0.25) is 0 Å². The molecule has 0 amide bonds. The van der Waals surface area contributed by atoms with E-state index in [0.29, 0.717) is 11.5 Å². The SMILES string of the molecule is c1ccc(-c2ccc(N(c3cc(-c4cccc5oc(-c6ccccc6)nc45)c4c(c3)oc3ccc5ccccc5c34)c3cccc4c3oc3ccccc34)cc2)cc1. The molecule has 12 rings (SSSR count). The lowest BCUT2D eigenvalue weighted by Crippen LogP contribution is -2.10. The molecule has 0 aliphatic rings. The highest BCUT2D eigenvalue weighted by Gasteiger charge is 2.25. The molecule has 0 unspecified atom stereocenters. The molecular formula is C53H32N2O3. The van der Waals surface area contributed by atoms with Gasteiger partial charge in [0.25, 0.3) is 0 Å². The maximum atomic E-state index is 6.89. The van der Waals surface area contributed by atoms with E-state index in [9.17, 15) is 0 Å². The molecule has 272 valence electrons. The van der Waals surface area contributed by atoms with Gasteiger partial charge in [0.15, 0.2) is 11.2 Å². The van der Waals surface area contributed by atoms with Crippen molar-refractivity contribution in [2.45, 2.75) is 0 Å². The summed E-state index contributed by atoms with van der Waals surface area (Å²) in [6.45, 7) is 0. The first-order valence-electron chi connectivity index (χ1n) is 19.4. The number of oxazole rings is 1. The lowest BCUT2D eigenvalue weighted by molar-refractivity contribution is 0.620. The van der Waals surface area contributed by atoms with Crippen LogP contribution >= 0.6 is 0 Å². The van der Waals surface area contributed by atoms with Gasteiger partial charge in [-0.2, -0.15) is 0 Å². The third-order valence-electron chi connectivity index (χ3n) is 11.3. The van der Waals surface area contributed by atoms with Crippen LogP contribution in [0.2, 0.25) is 0 Å². The van der Waals surface area contributed by atoms with Crippen molar-refractivity contribution in [1.82, 2.24) is 4.98 Å². The third kappa shape index (κ3) is 5.07. The molecule has 9 aromatic carbocycles. The van der Waals surface area contributed by atoms with Crippen molar-refractivity contribution in [3.8, 4) is 33.7 Å². The molecule has 58 heavy (non-hydrogen) atoms. The Morgan fingerprint density at radius 3 is 1.91 bits per heavy atom. The number of anilines is 3. The molecule has 0 saturated carbocycles. The summed E-state index contributed by atoms with van der Waals surface area (Å²) in [7, 11) is 0. The standard InChI is InChI=1S/C53H32N2O3/c1-3-13-33(14-4-1)34-25-28-37(29-26-34)55(44-22-11-21-42-40-19-9-10-23-45(40)57-52(42)44)38-31-43(41-20-12-24-47-51(41)54-53(58-47)36-16-5-2-6-17-36)50-48(32-38)56-46-30-27-35-15-7-8-18-39(35)49(46)50/h1-32H. The number of furan rings is 2. The Labute approximate surface area is 332 Å². The summed E-state index contributed by atoms with van der Waals surface area (Å²) in [6.07, 6.45) is 0. The number of rotatable bonds is 6. The molecule has 0 radical (unpaired) electrons. The van der Waals surface area contributed by atoms with Gasteiger partial charge in [0.2, 0.25) is 5.89 Å². The van der Waals surface area contributed by atoms with E-state index >= 15 is 0 Å². The number of para-hydroxylation sites is 3. The first-order chi connectivity index (χ1) is 28.7. The predicted molar refractivity (Wildman–Crippen MR) is 237 cm³/mol. The smallest absolute Gasteiger partial charge is 0.227 e. The van der Waals surface area contributed by atoms with Crippen LogP contribution in [0.3, 0.4) is 0 Å². The summed E-state index contributed by atoms with van der Waals surface area (Å²) >= 11 is 0. The van der Waals surface area contributed by atoms with Crippen LogP contribution in [0.1, 0.15) is 0 Å². The Hall–Kier alpha value is -7.89. The van der Waals surface area contributed by atoms with Crippen LogP contribution in [-0.4, -0.2) is 4.98 Å². The van der Waals surface area contributed by atoms with Gasteiger partial charge in [0.05, 0.1) is 11.4 Å². The number of hydrogen-bond donors (Lipinski definition) is 0. The molecule has 0 fully saturated rings. The highest BCUT2D eigenvalue weighted by molar-refractivity contribution is 6.24. The Morgan fingerprint density at radius 1 is 0.379 bits per heavy atom. The van der Waals surface area contributed by atoms with E-state index in [0.717, 1.165) is 105 Å². The number of hydrogen-bond acceptors (Lipinski definition) is 5. The Kier molecular flexibility index (Phi) is 7.16. The number of fused-ring (bicyclic) bond motifs is 9. The number of benzene rings is 9. The van der Waals surface area contributed by atoms with Crippen LogP contribution in [0.5, 0.6) is 0 Å². The largest absolute Gasteiger partial charge is 0.456 e. The van der Waals surface area contributed by atoms with E-state index < -0.39 is 0 Å². The molecule has 12 aromatic rings. The minimum Gasteiger partial charge on any atom is -0.456 e. The second-order valence-corrected chi connectivity index (χ2v) is 14.7. The molecule has 0 aliphatic heterocycles. The predicted octanol–water partition coefficient (Wildman–Crippen LogP) is 15.3. The quantitative estimate of drug-likeness (QED) is 0.170. The fourth-order valence-corrected chi connectivity index (χ4v) is 8.63. The van der Waals surface area contributed by atoms with Crippen LogP contribution in [0.4, 0.5) is 17.1 Å². The lowest BCUT2D eigenvalue weighted by atomic mass is 9.95. The summed E-state index contributed by atoms with van der Waals surface area (Å²) in [4.78, 5) is 7.45. The minimum atomic E-state index is 0.578. The summed E-state index contributed by atoms with van der Waals surface area (Å²) in [5.41, 5.74) is 12.7. The summed E-state index contributed by atoms with van der Waals surface area (Å²) in [6, 6.07) is 67.2. The van der Waals surface area contributed by atoms with Crippen LogP contribution in [0.25, 0.3) is 99.5 Å². The third-order valence-corrected chi connectivity index (χ3v) is 11.3. The molecular weight excluding hydrogens is 713 g/mol. The highest BCUT2D eigenvalue weighted by Crippen LogP contribution is 2.48. The summed E-state index contributed by atoms with van der Waals surface area (Å²) in [5.74, 6) is 0.578. The van der Waals surface area contributed by atoms with Gasteiger partial charge < -0.3 is 18.2 Å². The molecule has 0 N–H and O–H groups in total. The van der Waals surface area contributed by atoms with Gasteiger partial charge >= 0.3 is 0 Å². The van der Waals surface area contributed by atoms with Crippen LogP contribution in [0.15, 0.2) is 207 Å². The van der Waals surface area contributed by atoms with E-state index in [2.05, 4.69) is 138 Å². The van der Waals surface area contributed by atoms with E-state index in [4.69, 9.17) is 18.2 Å². The van der Waals surface area contributed by atoms with Gasteiger partial charge in [-0.25, -0.2) is 4.98 Å². The van der Waals surface area contributed by atoms with Crippen molar-refractivity contribution in [3.63, 3.8) is 0 Å². The fourth-order valence-electron chi connectivity index (χ4n) is 8.63. The van der Waals surface area contributed by atoms with Crippen molar-refractivity contribution in [2.24, 2.45) is 0 Å². The maximum Gasteiger partial charge on any atom is 0.227 e. The van der Waals surface area contributed by atoms with Crippen molar-refractivity contribution < 1.29 is 13.3 Å². The zero-order valence-electron chi connectivity index (χ0n) is 31.1. The zero-order valence-corrected chi connectivity index (χ0v) is 31.1. The minimum absolute atomic E-state index is 0.578. The Morgan fingerprint density at radius 2 is 1.07 bits per heavy atom. The lowest BCUT2D eigenvalue weighted by Gasteiger charge is -2.26. The van der Waals surface area contributed by atoms with E-state index in [1.54, 1.807) is 0 Å². The van der Waals surface area contributed by atoms with Crippen LogP contribution in [-0.2, 0) is 0 Å². The van der Waals surface area contributed by atoms with Gasteiger partial charge in [-0.05, 0) is 82.1 Å². The summed E-state index contributed by atoms with van der Waals surface area (Å²) in [5, 5.41) is 6.49. The highest BCUT2D eigenvalue weighted by atomic mass is 16.3. The van der Waals surface area contributed by atoms with Crippen molar-refractivity contribution >= 4 is 82.8 Å². The van der Waals surface area contributed by atoms with Crippen LogP contribution < -0.4 is 4.90 Å². The average molecular weight is 745 g/mol. The molecule has 0 atom stereocenters. The zero-order chi connectivity index (χ0) is 38.2. The molecule has 3 heterocycles. The molecule has 0 spiro atoms. The van der Waals surface area contributed by atoms with Crippen molar-refractivity contribution in [3.05, 3.63) is 194 Å². The molecule has 5 heteroatoms. The number of nitrogens with zero attached hydrogens (tertiary/aromatic N) is 2. The van der Waals surface area contributed by atoms with Gasteiger partial charge in [-0.15, -0.1) is 0 Å². The average Bonchev–Trinajstić information content (AvgIpc) is 4.01. The first kappa shape index (κ1) is 32.4. The topological polar surface area (TPSA) is 55.6 Å².